The Morgan fingerprint density at radius 3 is 2.31 bits per heavy atom. The highest BCUT2D eigenvalue weighted by Crippen LogP contribution is 2.29. The summed E-state index contributed by atoms with van der Waals surface area (Å²) in [6.07, 6.45) is 2.66. The topological polar surface area (TPSA) is 101 Å². The maximum absolute atomic E-state index is 13.1. The Bertz CT molecular complexity index is 1410. The summed E-state index contributed by atoms with van der Waals surface area (Å²) >= 11 is 6.31. The molecule has 0 saturated heterocycles. The zero-order valence-electron chi connectivity index (χ0n) is 16.9. The van der Waals surface area contributed by atoms with Crippen LogP contribution in [0.2, 0.25) is 5.02 Å². The van der Waals surface area contributed by atoms with Gasteiger partial charge in [-0.25, -0.2) is 13.1 Å². The smallest absolute Gasteiger partial charge is 0.259 e. The number of carbonyl (C=O) groups excluding carboxylic acids is 1. The van der Waals surface area contributed by atoms with Gasteiger partial charge in [-0.2, -0.15) is 5.10 Å². The van der Waals surface area contributed by atoms with Crippen LogP contribution in [-0.4, -0.2) is 35.5 Å². The second kappa shape index (κ2) is 8.49. The Morgan fingerprint density at radius 1 is 1.00 bits per heavy atom. The van der Waals surface area contributed by atoms with Crippen molar-refractivity contribution in [1.82, 2.24) is 9.78 Å². The number of phenols is 1. The molecule has 4 rings (SSSR count). The third kappa shape index (κ3) is 4.37. The molecule has 2 N–H and O–H groups in total. The standard InChI is InChI=1S/C23H18ClN3O4S/c1-32(30,31)16-12-10-15(11-13-16)22-17(23(29)25-19-7-3-5-9-21(19)28)14-27(26-22)20-8-4-2-6-18(20)24/h2-14,28H,1H3,(H,25,29). The maximum Gasteiger partial charge on any atom is 0.259 e. The molecule has 9 heteroatoms. The predicted molar refractivity (Wildman–Crippen MR) is 123 cm³/mol. The summed E-state index contributed by atoms with van der Waals surface area (Å²) in [5.41, 5.74) is 1.93. The molecule has 0 fully saturated rings. The molecule has 162 valence electrons. The highest BCUT2D eigenvalue weighted by Gasteiger charge is 2.21. The zero-order valence-corrected chi connectivity index (χ0v) is 18.4. The molecule has 0 aliphatic carbocycles. The number of amides is 1. The van der Waals surface area contributed by atoms with E-state index in [1.165, 1.54) is 29.1 Å². The van der Waals surface area contributed by atoms with Gasteiger partial charge in [-0.3, -0.25) is 4.79 Å². The Kier molecular flexibility index (Phi) is 5.73. The Hall–Kier alpha value is -3.62. The fourth-order valence-corrected chi connectivity index (χ4v) is 4.00. The highest BCUT2D eigenvalue weighted by molar-refractivity contribution is 7.90. The van der Waals surface area contributed by atoms with Gasteiger partial charge in [0, 0.05) is 18.0 Å². The van der Waals surface area contributed by atoms with Gasteiger partial charge in [-0.05, 0) is 36.4 Å². The number of nitrogens with zero attached hydrogens (tertiary/aromatic N) is 2. The molecule has 1 heterocycles. The number of hydrogen-bond acceptors (Lipinski definition) is 5. The van der Waals surface area contributed by atoms with Gasteiger partial charge >= 0.3 is 0 Å². The summed E-state index contributed by atoms with van der Waals surface area (Å²) < 4.78 is 25.1. The minimum Gasteiger partial charge on any atom is -0.506 e. The van der Waals surface area contributed by atoms with Crippen LogP contribution in [-0.2, 0) is 9.84 Å². The van der Waals surface area contributed by atoms with Crippen LogP contribution in [0.4, 0.5) is 5.69 Å². The molecule has 0 aliphatic heterocycles. The number of benzene rings is 3. The molecule has 1 aromatic heterocycles. The fraction of sp³-hybridized carbons (Fsp3) is 0.0435. The number of para-hydroxylation sites is 3. The molecule has 0 atom stereocenters. The third-order valence-corrected chi connectivity index (χ3v) is 6.21. The normalized spacial score (nSPS) is 11.3. The number of sulfone groups is 1. The summed E-state index contributed by atoms with van der Waals surface area (Å²) in [7, 11) is -3.37. The number of phenolic OH excluding ortho intramolecular Hbond substituents is 1. The number of anilines is 1. The van der Waals surface area contributed by atoms with Crippen molar-refractivity contribution in [1.29, 1.82) is 0 Å². The van der Waals surface area contributed by atoms with Crippen LogP contribution in [0.1, 0.15) is 10.4 Å². The molecule has 32 heavy (non-hydrogen) atoms. The fourth-order valence-electron chi connectivity index (χ4n) is 3.14. The van der Waals surface area contributed by atoms with Crippen molar-refractivity contribution in [2.24, 2.45) is 0 Å². The summed E-state index contributed by atoms with van der Waals surface area (Å²) in [6, 6.07) is 19.5. The van der Waals surface area contributed by atoms with Crippen molar-refractivity contribution >= 4 is 33.0 Å². The van der Waals surface area contributed by atoms with E-state index in [2.05, 4.69) is 10.4 Å². The second-order valence-corrected chi connectivity index (χ2v) is 9.48. The first-order chi connectivity index (χ1) is 15.2. The molecule has 0 bridgehead atoms. The molecule has 0 aliphatic rings. The molecule has 7 nitrogen and oxygen atoms in total. The van der Waals surface area contributed by atoms with Gasteiger partial charge in [0.05, 0.1) is 26.9 Å². The van der Waals surface area contributed by atoms with Gasteiger partial charge in [0.15, 0.2) is 9.84 Å². The average Bonchev–Trinajstić information content (AvgIpc) is 3.20. The van der Waals surface area contributed by atoms with Crippen LogP contribution in [0.5, 0.6) is 5.75 Å². The van der Waals surface area contributed by atoms with Crippen molar-refractivity contribution in [3.05, 3.63) is 89.6 Å². The number of halogens is 1. The molecule has 0 radical (unpaired) electrons. The Balaban J connectivity index is 1.81. The van der Waals surface area contributed by atoms with E-state index in [1.54, 1.807) is 54.6 Å². The number of aromatic nitrogens is 2. The van der Waals surface area contributed by atoms with E-state index in [9.17, 15) is 18.3 Å². The van der Waals surface area contributed by atoms with Gasteiger partial charge in [0.25, 0.3) is 5.91 Å². The van der Waals surface area contributed by atoms with Crippen molar-refractivity contribution in [3.63, 3.8) is 0 Å². The molecule has 0 saturated carbocycles. The van der Waals surface area contributed by atoms with E-state index >= 15 is 0 Å². The molecule has 1 amide bonds. The number of aromatic hydroxyl groups is 1. The summed E-state index contributed by atoms with van der Waals surface area (Å²) in [5.74, 6) is -0.564. The molecule has 3 aromatic carbocycles. The minimum atomic E-state index is -3.37. The van der Waals surface area contributed by atoms with E-state index in [-0.39, 0.29) is 21.9 Å². The predicted octanol–water partition coefficient (Wildman–Crippen LogP) is 4.55. The lowest BCUT2D eigenvalue weighted by Crippen LogP contribution is -2.12. The monoisotopic (exact) mass is 467 g/mol. The van der Waals surface area contributed by atoms with Crippen LogP contribution in [0, 0.1) is 0 Å². The quantitative estimate of drug-likeness (QED) is 0.419. The first-order valence-electron chi connectivity index (χ1n) is 9.48. The number of rotatable bonds is 5. The lowest BCUT2D eigenvalue weighted by Gasteiger charge is -2.07. The van der Waals surface area contributed by atoms with Crippen molar-refractivity contribution in [2.75, 3.05) is 11.6 Å². The van der Waals surface area contributed by atoms with E-state index in [0.29, 0.717) is 22.0 Å². The number of carbonyl (C=O) groups is 1. The second-order valence-electron chi connectivity index (χ2n) is 7.06. The van der Waals surface area contributed by atoms with Gasteiger partial charge in [0.1, 0.15) is 11.4 Å². The highest BCUT2D eigenvalue weighted by atomic mass is 35.5. The molecule has 0 unspecified atom stereocenters. The summed E-state index contributed by atoms with van der Waals surface area (Å²) in [6.45, 7) is 0. The van der Waals surface area contributed by atoms with E-state index in [4.69, 9.17) is 11.6 Å². The van der Waals surface area contributed by atoms with E-state index in [1.807, 2.05) is 0 Å². The molecule has 4 aromatic rings. The SMILES string of the molecule is CS(=O)(=O)c1ccc(-c2nn(-c3ccccc3Cl)cc2C(=O)Nc2ccccc2O)cc1. The lowest BCUT2D eigenvalue weighted by atomic mass is 10.1. The van der Waals surface area contributed by atoms with Crippen molar-refractivity contribution < 1.29 is 18.3 Å². The largest absolute Gasteiger partial charge is 0.506 e. The Labute approximate surface area is 189 Å². The Morgan fingerprint density at radius 2 is 1.66 bits per heavy atom. The molecule has 0 spiro atoms. The first kappa shape index (κ1) is 21.6. The number of hydrogen-bond donors (Lipinski definition) is 2. The lowest BCUT2D eigenvalue weighted by molar-refractivity contribution is 0.102. The van der Waals surface area contributed by atoms with Crippen molar-refractivity contribution in [2.45, 2.75) is 4.90 Å². The van der Waals surface area contributed by atoms with Crippen LogP contribution < -0.4 is 5.32 Å². The molecular weight excluding hydrogens is 450 g/mol. The van der Waals surface area contributed by atoms with Gasteiger partial charge in [0.2, 0.25) is 0 Å². The van der Waals surface area contributed by atoms with E-state index in [0.717, 1.165) is 6.26 Å². The molecular formula is C23H18ClN3O4S. The first-order valence-corrected chi connectivity index (χ1v) is 11.8. The van der Waals surface area contributed by atoms with Crippen LogP contribution >= 0.6 is 11.6 Å². The summed E-state index contributed by atoms with van der Waals surface area (Å²) in [4.78, 5) is 13.3. The minimum absolute atomic E-state index is 0.0709. The third-order valence-electron chi connectivity index (χ3n) is 4.77. The average molecular weight is 468 g/mol. The zero-order chi connectivity index (χ0) is 22.9. The van der Waals surface area contributed by atoms with E-state index < -0.39 is 15.7 Å². The van der Waals surface area contributed by atoms with Gasteiger partial charge < -0.3 is 10.4 Å². The van der Waals surface area contributed by atoms with Crippen LogP contribution in [0.3, 0.4) is 0 Å². The van der Waals surface area contributed by atoms with Crippen LogP contribution in [0.25, 0.3) is 16.9 Å². The number of nitrogens with one attached hydrogen (secondary N) is 1. The summed E-state index contributed by atoms with van der Waals surface area (Å²) in [5, 5.41) is 17.7. The van der Waals surface area contributed by atoms with Gasteiger partial charge in [-0.15, -0.1) is 0 Å². The van der Waals surface area contributed by atoms with Crippen molar-refractivity contribution in [3.8, 4) is 22.7 Å². The van der Waals surface area contributed by atoms with Gasteiger partial charge in [-0.1, -0.05) is 48.0 Å². The van der Waals surface area contributed by atoms with Crippen LogP contribution in [0.15, 0.2) is 83.9 Å². The maximum atomic E-state index is 13.1.